The van der Waals surface area contributed by atoms with Gasteiger partial charge in [0.25, 0.3) is 0 Å². The van der Waals surface area contributed by atoms with Crippen LogP contribution < -0.4 is 0 Å². The third kappa shape index (κ3) is 2.63. The minimum atomic E-state index is -0.235. The summed E-state index contributed by atoms with van der Waals surface area (Å²) in [5.74, 6) is 0.614. The lowest BCUT2D eigenvalue weighted by Gasteiger charge is -2.34. The highest BCUT2D eigenvalue weighted by atomic mass is 16.5. The zero-order chi connectivity index (χ0) is 15.7. The molecule has 0 aromatic carbocycles. The van der Waals surface area contributed by atoms with E-state index >= 15 is 0 Å². The summed E-state index contributed by atoms with van der Waals surface area (Å²) in [5, 5.41) is 8.15. The van der Waals surface area contributed by atoms with Gasteiger partial charge in [0.1, 0.15) is 18.4 Å². The van der Waals surface area contributed by atoms with E-state index in [0.29, 0.717) is 6.54 Å². The van der Waals surface area contributed by atoms with Crippen molar-refractivity contribution in [2.45, 2.75) is 45.6 Å². The number of piperidine rings is 1. The van der Waals surface area contributed by atoms with E-state index in [0.717, 1.165) is 36.4 Å². The highest BCUT2D eigenvalue weighted by Crippen LogP contribution is 2.28. The molecule has 3 rings (SSSR count). The van der Waals surface area contributed by atoms with Crippen LogP contribution in [0.2, 0.25) is 0 Å². The van der Waals surface area contributed by atoms with Crippen molar-refractivity contribution in [3.8, 4) is 0 Å². The predicted octanol–water partition coefficient (Wildman–Crippen LogP) is 1.85. The quantitative estimate of drug-likeness (QED) is 0.865. The molecule has 2 aromatic heterocycles. The van der Waals surface area contributed by atoms with Crippen LogP contribution in [0.3, 0.4) is 0 Å². The molecule has 1 amide bonds. The number of likely N-dealkylation sites (tertiary alicyclic amines) is 1. The molecule has 0 N–H and O–H groups in total. The fourth-order valence-electron chi connectivity index (χ4n) is 3.28. The second kappa shape index (κ2) is 5.90. The molecule has 22 heavy (non-hydrogen) atoms. The topological polar surface area (TPSA) is 77.0 Å². The summed E-state index contributed by atoms with van der Waals surface area (Å²) >= 11 is 0. The number of rotatable bonds is 3. The Hall–Kier alpha value is -2.18. The van der Waals surface area contributed by atoms with Gasteiger partial charge in [-0.2, -0.15) is 5.10 Å². The van der Waals surface area contributed by atoms with Crippen molar-refractivity contribution < 1.29 is 9.32 Å². The second-order valence-corrected chi connectivity index (χ2v) is 5.92. The molecular weight excluding hydrogens is 282 g/mol. The van der Waals surface area contributed by atoms with Gasteiger partial charge in [0.15, 0.2) is 0 Å². The lowest BCUT2D eigenvalue weighted by molar-refractivity contribution is -0.134. The minimum absolute atomic E-state index is 0.124. The van der Waals surface area contributed by atoms with Crippen molar-refractivity contribution in [2.24, 2.45) is 0 Å². The molecule has 2 aromatic rings. The number of amides is 1. The number of nitrogens with zero attached hydrogens (tertiary/aromatic N) is 5. The molecule has 2 atom stereocenters. The molecule has 0 bridgehead atoms. The van der Waals surface area contributed by atoms with Crippen LogP contribution in [-0.4, -0.2) is 43.8 Å². The van der Waals surface area contributed by atoms with Gasteiger partial charge >= 0.3 is 0 Å². The molecule has 0 spiro atoms. The zero-order valence-electron chi connectivity index (χ0n) is 13.2. The van der Waals surface area contributed by atoms with Crippen molar-refractivity contribution >= 4 is 5.91 Å². The van der Waals surface area contributed by atoms with E-state index in [1.807, 2.05) is 30.4 Å². The molecule has 7 heteroatoms. The Morgan fingerprint density at radius 2 is 2.27 bits per heavy atom. The Morgan fingerprint density at radius 1 is 1.45 bits per heavy atom. The summed E-state index contributed by atoms with van der Waals surface area (Å²) in [6.45, 7) is 7.12. The molecule has 0 saturated carbocycles. The van der Waals surface area contributed by atoms with E-state index in [2.05, 4.69) is 15.2 Å². The Kier molecular flexibility index (Phi) is 3.96. The molecule has 0 unspecified atom stereocenters. The van der Waals surface area contributed by atoms with Gasteiger partial charge < -0.3 is 9.42 Å². The summed E-state index contributed by atoms with van der Waals surface area (Å²) in [5.41, 5.74) is 1.70. The first-order chi connectivity index (χ1) is 10.6. The molecule has 118 valence electrons. The molecule has 0 aliphatic carbocycles. The number of aromatic nitrogens is 4. The summed E-state index contributed by atoms with van der Waals surface area (Å²) in [7, 11) is 0. The Balaban J connectivity index is 1.74. The average molecular weight is 303 g/mol. The minimum Gasteiger partial charge on any atom is -0.361 e. The number of carbonyl (C=O) groups excluding carboxylic acids is 1. The molecule has 3 heterocycles. The van der Waals surface area contributed by atoms with E-state index in [-0.39, 0.29) is 17.9 Å². The van der Waals surface area contributed by atoms with E-state index < -0.39 is 0 Å². The lowest BCUT2D eigenvalue weighted by atomic mass is 9.96. The first kappa shape index (κ1) is 14.7. The van der Waals surface area contributed by atoms with Crippen molar-refractivity contribution in [3.05, 3.63) is 29.7 Å². The number of carbonyl (C=O) groups is 1. The van der Waals surface area contributed by atoms with Crippen molar-refractivity contribution in [2.75, 3.05) is 13.1 Å². The van der Waals surface area contributed by atoms with E-state index in [9.17, 15) is 4.79 Å². The molecule has 1 saturated heterocycles. The molecule has 1 aliphatic heterocycles. The fraction of sp³-hybridized carbons (Fsp3) is 0.600. The maximum absolute atomic E-state index is 12.8. The summed E-state index contributed by atoms with van der Waals surface area (Å²) in [4.78, 5) is 18.7. The van der Waals surface area contributed by atoms with Crippen LogP contribution in [0.15, 0.2) is 17.2 Å². The average Bonchev–Trinajstić information content (AvgIpc) is 3.16. The number of hydrogen-bond acceptors (Lipinski definition) is 5. The Morgan fingerprint density at radius 3 is 2.91 bits per heavy atom. The van der Waals surface area contributed by atoms with Crippen molar-refractivity contribution in [1.82, 2.24) is 24.8 Å². The van der Waals surface area contributed by atoms with Crippen molar-refractivity contribution in [1.29, 1.82) is 0 Å². The Labute approximate surface area is 129 Å². The van der Waals surface area contributed by atoms with Crippen LogP contribution in [0.4, 0.5) is 0 Å². The molecular formula is C15H21N5O2. The maximum atomic E-state index is 12.8. The normalized spacial score (nSPS) is 20.1. The van der Waals surface area contributed by atoms with Crippen LogP contribution in [0.25, 0.3) is 0 Å². The molecule has 1 fully saturated rings. The van der Waals surface area contributed by atoms with Gasteiger partial charge in [-0.25, -0.2) is 9.67 Å². The van der Waals surface area contributed by atoms with Crippen LogP contribution in [0.1, 0.15) is 48.7 Å². The van der Waals surface area contributed by atoms with E-state index in [1.54, 1.807) is 6.33 Å². The van der Waals surface area contributed by atoms with Gasteiger partial charge in [-0.1, -0.05) is 5.16 Å². The molecule has 1 aliphatic rings. The van der Waals surface area contributed by atoms with Gasteiger partial charge in [0.2, 0.25) is 5.91 Å². The van der Waals surface area contributed by atoms with Gasteiger partial charge in [-0.15, -0.1) is 0 Å². The van der Waals surface area contributed by atoms with Gasteiger partial charge in [0.05, 0.1) is 17.7 Å². The third-order valence-corrected chi connectivity index (χ3v) is 4.41. The number of hydrogen-bond donors (Lipinski definition) is 0. The lowest BCUT2D eigenvalue weighted by Crippen LogP contribution is -2.42. The molecule has 0 radical (unpaired) electrons. The molecule has 7 nitrogen and oxygen atoms in total. The zero-order valence-corrected chi connectivity index (χ0v) is 13.2. The predicted molar refractivity (Wildman–Crippen MR) is 79.3 cm³/mol. The van der Waals surface area contributed by atoms with Gasteiger partial charge in [-0.3, -0.25) is 4.79 Å². The highest BCUT2D eigenvalue weighted by molar-refractivity contribution is 5.84. The maximum Gasteiger partial charge on any atom is 0.230 e. The largest absolute Gasteiger partial charge is 0.361 e. The smallest absolute Gasteiger partial charge is 0.230 e. The van der Waals surface area contributed by atoms with E-state index in [4.69, 9.17) is 4.52 Å². The van der Waals surface area contributed by atoms with Crippen LogP contribution >= 0.6 is 0 Å². The van der Waals surface area contributed by atoms with Crippen molar-refractivity contribution in [3.63, 3.8) is 0 Å². The third-order valence-electron chi connectivity index (χ3n) is 4.41. The summed E-state index contributed by atoms with van der Waals surface area (Å²) in [6.07, 6.45) is 5.25. The van der Waals surface area contributed by atoms with Gasteiger partial charge in [-0.05, 0) is 33.6 Å². The summed E-state index contributed by atoms with van der Waals surface area (Å²) in [6, 6.07) is 0.206. The SMILES string of the molecule is Cc1noc(C)c1[C@H](C)C(=O)N1CCC[C@H](n2cncn2)C1. The second-order valence-electron chi connectivity index (χ2n) is 5.92. The number of aryl methyl sites for hydroxylation is 2. The van der Waals surface area contributed by atoms with Gasteiger partial charge in [0, 0.05) is 18.7 Å². The van der Waals surface area contributed by atoms with Crippen LogP contribution in [-0.2, 0) is 4.79 Å². The first-order valence-electron chi connectivity index (χ1n) is 7.63. The Bertz CT molecular complexity index is 629. The first-order valence-corrected chi connectivity index (χ1v) is 7.63. The van der Waals surface area contributed by atoms with Crippen LogP contribution in [0.5, 0.6) is 0 Å². The standard InChI is InChI=1S/C15H21N5O2/c1-10(14-11(2)18-22-12(14)3)15(21)19-6-4-5-13(7-19)20-9-16-8-17-20/h8-10,13H,4-7H2,1-3H3/t10-,13-/m0/s1. The van der Waals surface area contributed by atoms with E-state index in [1.165, 1.54) is 6.33 Å². The summed E-state index contributed by atoms with van der Waals surface area (Å²) < 4.78 is 7.04. The fourth-order valence-corrected chi connectivity index (χ4v) is 3.28. The monoisotopic (exact) mass is 303 g/mol. The van der Waals surface area contributed by atoms with Crippen LogP contribution in [0, 0.1) is 13.8 Å². The highest BCUT2D eigenvalue weighted by Gasteiger charge is 2.31.